The normalized spacial score (nSPS) is 13.6. The molecule has 0 fully saturated rings. The molecule has 0 atom stereocenters. The van der Waals surface area contributed by atoms with Gasteiger partial charge in [-0.15, -0.1) is 0 Å². The highest BCUT2D eigenvalue weighted by Crippen LogP contribution is 2.22. The molecule has 0 amide bonds. The molecular formula is C68H94N6. The summed E-state index contributed by atoms with van der Waals surface area (Å²) in [4.78, 5) is 8.15. The Morgan fingerprint density at radius 2 is 0.973 bits per heavy atom. The predicted octanol–water partition coefficient (Wildman–Crippen LogP) is 19.4. The Kier molecular flexibility index (Phi) is 34.7. The Morgan fingerprint density at radius 3 is 1.34 bits per heavy atom. The van der Waals surface area contributed by atoms with Crippen LogP contribution >= 0.6 is 0 Å². The van der Waals surface area contributed by atoms with E-state index in [0.717, 1.165) is 30.6 Å². The van der Waals surface area contributed by atoms with Gasteiger partial charge in [0.2, 0.25) is 0 Å². The Hall–Kier alpha value is -7.05. The Bertz CT molecular complexity index is 2630. The average molecular weight is 996 g/mol. The molecule has 0 N–H and O–H groups in total. The second-order valence-corrected chi connectivity index (χ2v) is 17.5. The number of hydrogen-bond acceptors (Lipinski definition) is 3. The van der Waals surface area contributed by atoms with Gasteiger partial charge in [-0.2, -0.15) is 5.10 Å². The van der Waals surface area contributed by atoms with Crippen molar-refractivity contribution in [2.75, 3.05) is 0 Å². The van der Waals surface area contributed by atoms with Crippen molar-refractivity contribution in [2.24, 2.45) is 31.1 Å². The number of para-hydroxylation sites is 2. The largest absolute Gasteiger partial charge is 0.355 e. The van der Waals surface area contributed by atoms with E-state index >= 15 is 0 Å². The van der Waals surface area contributed by atoms with Crippen LogP contribution in [0.25, 0.3) is 17.0 Å². The van der Waals surface area contributed by atoms with Crippen molar-refractivity contribution < 1.29 is 0 Å². The molecule has 3 aromatic carbocycles. The number of nitrogens with zero attached hydrogens (tertiary/aromatic N) is 6. The van der Waals surface area contributed by atoms with Gasteiger partial charge >= 0.3 is 0 Å². The summed E-state index contributed by atoms with van der Waals surface area (Å²) in [5.41, 5.74) is 17.9. The molecule has 0 spiro atoms. The first-order chi connectivity index (χ1) is 35.8. The lowest BCUT2D eigenvalue weighted by molar-refractivity contribution is 0.768. The summed E-state index contributed by atoms with van der Waals surface area (Å²) in [6.07, 6.45) is 37.9. The van der Waals surface area contributed by atoms with Gasteiger partial charge in [-0.05, 0) is 140 Å². The molecule has 3 aromatic heterocycles. The van der Waals surface area contributed by atoms with E-state index in [9.17, 15) is 0 Å². The molecule has 4 aliphatic carbocycles. The van der Waals surface area contributed by atoms with Crippen LogP contribution in [0.4, 0.5) is 5.69 Å². The SMILES string of the molecule is C1=Cc2ccccc2C1.C1=Nc2ccccc2C1.CC.CC.CC.CC1=C(C)CC=C1.CC1=C(C)CC=C1.CC1=C(C)CC=C1.CC1=CCC=N1.Cc1cccn1C.Cn1ccc2ccccc21.Cn1cccn1. The Labute approximate surface area is 450 Å². The molecule has 12 rings (SSSR count). The van der Waals surface area contributed by atoms with Crippen molar-refractivity contribution in [1.29, 1.82) is 0 Å². The number of aryl methyl sites for hydroxylation is 4. The third-order valence-electron chi connectivity index (χ3n) is 12.1. The molecule has 2 aliphatic heterocycles. The quantitative estimate of drug-likeness (QED) is 0.150. The number of fused-ring (bicyclic) bond motifs is 3. The lowest BCUT2D eigenvalue weighted by Gasteiger charge is -1.93. The van der Waals surface area contributed by atoms with E-state index in [0.29, 0.717) is 0 Å². The summed E-state index contributed by atoms with van der Waals surface area (Å²) >= 11 is 0. The molecule has 74 heavy (non-hydrogen) atoms. The van der Waals surface area contributed by atoms with Gasteiger partial charge in [0, 0.05) is 88.1 Å². The number of benzene rings is 3. The summed E-state index contributed by atoms with van der Waals surface area (Å²) in [5.74, 6) is 0. The maximum Gasteiger partial charge on any atom is 0.0661 e. The maximum atomic E-state index is 4.17. The topological polar surface area (TPSA) is 52.4 Å². The first-order valence-electron chi connectivity index (χ1n) is 26.9. The molecule has 0 saturated carbocycles. The van der Waals surface area contributed by atoms with Gasteiger partial charge in [0.05, 0.1) is 5.69 Å². The minimum Gasteiger partial charge on any atom is -0.355 e. The maximum absolute atomic E-state index is 4.17. The van der Waals surface area contributed by atoms with Crippen molar-refractivity contribution >= 4 is 35.1 Å². The second kappa shape index (κ2) is 39.5. The molecule has 0 saturated heterocycles. The van der Waals surface area contributed by atoms with Gasteiger partial charge in [-0.25, -0.2) is 0 Å². The fourth-order valence-corrected chi connectivity index (χ4v) is 6.98. The molecule has 6 heteroatoms. The van der Waals surface area contributed by atoms with Crippen LogP contribution in [0.1, 0.15) is 138 Å². The highest BCUT2D eigenvalue weighted by Gasteiger charge is 2.03. The number of aromatic nitrogens is 4. The first-order valence-corrected chi connectivity index (χ1v) is 26.9. The zero-order valence-electron chi connectivity index (χ0n) is 48.8. The van der Waals surface area contributed by atoms with E-state index in [2.05, 4.69) is 207 Å². The van der Waals surface area contributed by atoms with E-state index in [1.54, 1.807) is 10.9 Å². The molecule has 6 nitrogen and oxygen atoms in total. The van der Waals surface area contributed by atoms with Gasteiger partial charge in [0.15, 0.2) is 0 Å². The number of rotatable bonds is 0. The van der Waals surface area contributed by atoms with Gasteiger partial charge in [0.25, 0.3) is 0 Å². The van der Waals surface area contributed by atoms with Crippen LogP contribution in [0.5, 0.6) is 0 Å². The minimum atomic E-state index is 1.01. The third kappa shape index (κ3) is 26.1. The molecule has 396 valence electrons. The summed E-state index contributed by atoms with van der Waals surface area (Å²) in [6.45, 7) is 29.1. The van der Waals surface area contributed by atoms with E-state index in [-0.39, 0.29) is 0 Å². The monoisotopic (exact) mass is 995 g/mol. The van der Waals surface area contributed by atoms with Crippen molar-refractivity contribution in [2.45, 2.75) is 135 Å². The summed E-state index contributed by atoms with van der Waals surface area (Å²) in [5, 5.41) is 5.14. The van der Waals surface area contributed by atoms with Gasteiger partial charge in [-0.3, -0.25) is 14.7 Å². The van der Waals surface area contributed by atoms with E-state index < -0.39 is 0 Å². The molecule has 6 aromatic rings. The van der Waals surface area contributed by atoms with Gasteiger partial charge in [-0.1, -0.05) is 190 Å². The zero-order chi connectivity index (χ0) is 55.1. The van der Waals surface area contributed by atoms with Crippen LogP contribution in [0.3, 0.4) is 0 Å². The molecule has 0 bridgehead atoms. The van der Waals surface area contributed by atoms with Crippen LogP contribution in [-0.4, -0.2) is 31.3 Å². The second-order valence-electron chi connectivity index (χ2n) is 17.5. The molecule has 5 heterocycles. The van der Waals surface area contributed by atoms with E-state index in [4.69, 9.17) is 0 Å². The standard InChI is InChI=1S/C9H9N.C9H8.C8H7N.3C7H10.C6H9N.C5H7N.C4H6N2.3C2H6/c1-10-7-6-8-4-2-3-5-9(8)10;1-2-5-9-7-3-6-8(9)4-1;1-2-4-8-7(3-1)5-6-9-8;4*1-6-4-3-5-7(6)2;1-5-3-2-4-6-5;1-6-4-2-3-5-6;3*1-2/h2-7H,1H3;1-6H,7H2;1-4,6H,5H2;3*3-4H,5H2,1-2H3;3-5H,1-2H3;3-4H,2H2,1H3;2-4H,1H3;3*1-2H3. The Balaban J connectivity index is 0.000000413. The average Bonchev–Trinajstić information content (AvgIpc) is 4.29. The zero-order valence-corrected chi connectivity index (χ0v) is 48.8. The van der Waals surface area contributed by atoms with Crippen LogP contribution in [-0.2, 0) is 34.0 Å². The fraction of sp³-hybridized carbons (Fsp3) is 0.338. The van der Waals surface area contributed by atoms with Crippen molar-refractivity contribution in [3.05, 3.63) is 232 Å². The lowest BCUT2D eigenvalue weighted by Crippen LogP contribution is -1.84. The van der Waals surface area contributed by atoms with Crippen LogP contribution < -0.4 is 0 Å². The van der Waals surface area contributed by atoms with Gasteiger partial charge < -0.3 is 9.13 Å². The van der Waals surface area contributed by atoms with Crippen LogP contribution in [0.2, 0.25) is 0 Å². The van der Waals surface area contributed by atoms with E-state index in [1.807, 2.05) is 118 Å². The minimum absolute atomic E-state index is 1.01. The smallest absolute Gasteiger partial charge is 0.0661 e. The molecule has 6 aliphatic rings. The third-order valence-corrected chi connectivity index (χ3v) is 12.1. The Morgan fingerprint density at radius 1 is 0.432 bits per heavy atom. The van der Waals surface area contributed by atoms with Crippen molar-refractivity contribution in [1.82, 2.24) is 18.9 Å². The van der Waals surface area contributed by atoms with Gasteiger partial charge in [0.1, 0.15) is 0 Å². The summed E-state index contributed by atoms with van der Waals surface area (Å²) in [6, 6.07) is 33.2. The molecular weight excluding hydrogens is 901 g/mol. The number of allylic oxidation sites excluding steroid dienone is 15. The molecule has 0 radical (unpaired) electrons. The van der Waals surface area contributed by atoms with Crippen LogP contribution in [0, 0.1) is 6.92 Å². The van der Waals surface area contributed by atoms with Crippen LogP contribution in [0.15, 0.2) is 220 Å². The highest BCUT2D eigenvalue weighted by atomic mass is 15.2. The molecule has 0 unspecified atom stereocenters. The fourth-order valence-electron chi connectivity index (χ4n) is 6.98. The van der Waals surface area contributed by atoms with Crippen molar-refractivity contribution in [3.63, 3.8) is 0 Å². The highest BCUT2D eigenvalue weighted by molar-refractivity contribution is 5.79. The van der Waals surface area contributed by atoms with Crippen molar-refractivity contribution in [3.8, 4) is 0 Å². The number of hydrogen-bond donors (Lipinski definition) is 0. The number of aliphatic imine (C=N–C) groups is 2. The lowest BCUT2D eigenvalue weighted by atomic mass is 10.1. The summed E-state index contributed by atoms with van der Waals surface area (Å²) < 4.78 is 5.95. The first kappa shape index (κ1) is 65.0. The predicted molar refractivity (Wildman–Crippen MR) is 331 cm³/mol. The van der Waals surface area contributed by atoms with E-state index in [1.165, 1.54) is 86.0 Å². The summed E-state index contributed by atoms with van der Waals surface area (Å²) in [7, 11) is 5.98.